The van der Waals surface area contributed by atoms with Gasteiger partial charge in [0, 0.05) is 38.1 Å². The monoisotopic (exact) mass is 323 g/mol. The Morgan fingerprint density at radius 2 is 2.08 bits per heavy atom. The first kappa shape index (κ1) is 15.1. The number of aryl methyl sites for hydroxylation is 3. The summed E-state index contributed by atoms with van der Waals surface area (Å²) in [7, 11) is 1.98. The molecule has 0 spiro atoms. The molecule has 0 aliphatic carbocycles. The van der Waals surface area contributed by atoms with E-state index >= 15 is 0 Å². The summed E-state index contributed by atoms with van der Waals surface area (Å²) in [5.41, 5.74) is 3.52. The molecular formula is C18H21N5O. The Morgan fingerprint density at radius 1 is 1.21 bits per heavy atom. The third kappa shape index (κ3) is 2.85. The van der Waals surface area contributed by atoms with Gasteiger partial charge in [-0.1, -0.05) is 30.3 Å². The van der Waals surface area contributed by atoms with Crippen LogP contribution in [-0.4, -0.2) is 37.5 Å². The minimum absolute atomic E-state index is 0.405. The predicted molar refractivity (Wildman–Crippen MR) is 90.5 cm³/mol. The second-order valence-electron chi connectivity index (χ2n) is 6.21. The molecule has 3 heterocycles. The van der Waals surface area contributed by atoms with Gasteiger partial charge < -0.3 is 13.9 Å². The van der Waals surface area contributed by atoms with Gasteiger partial charge in [0.1, 0.15) is 12.2 Å². The highest BCUT2D eigenvalue weighted by Crippen LogP contribution is 2.33. The molecule has 0 bridgehead atoms. The van der Waals surface area contributed by atoms with Gasteiger partial charge in [-0.15, -0.1) is 10.2 Å². The Labute approximate surface area is 141 Å². The van der Waals surface area contributed by atoms with Crippen molar-refractivity contribution in [2.45, 2.75) is 25.3 Å². The molecule has 1 fully saturated rings. The van der Waals surface area contributed by atoms with Crippen molar-refractivity contribution >= 4 is 0 Å². The zero-order valence-electron chi connectivity index (χ0n) is 13.8. The lowest BCUT2D eigenvalue weighted by Crippen LogP contribution is -2.12. The molecule has 4 rings (SSSR count). The Bertz CT molecular complexity index is 802. The van der Waals surface area contributed by atoms with Crippen LogP contribution in [0.1, 0.15) is 23.9 Å². The molecule has 1 aromatic carbocycles. The number of benzene rings is 1. The quantitative estimate of drug-likeness (QED) is 0.723. The minimum atomic E-state index is 0.405. The van der Waals surface area contributed by atoms with Crippen molar-refractivity contribution in [3.63, 3.8) is 0 Å². The van der Waals surface area contributed by atoms with E-state index in [1.807, 2.05) is 24.0 Å². The van der Waals surface area contributed by atoms with E-state index < -0.39 is 0 Å². The van der Waals surface area contributed by atoms with E-state index in [9.17, 15) is 0 Å². The van der Waals surface area contributed by atoms with Crippen LogP contribution in [-0.2, 0) is 24.8 Å². The van der Waals surface area contributed by atoms with E-state index in [2.05, 4.69) is 39.0 Å². The van der Waals surface area contributed by atoms with Crippen molar-refractivity contribution in [2.75, 3.05) is 13.2 Å². The summed E-state index contributed by atoms with van der Waals surface area (Å²) in [6.07, 6.45) is 5.58. The fourth-order valence-corrected chi connectivity index (χ4v) is 3.32. The molecule has 24 heavy (non-hydrogen) atoms. The highest BCUT2D eigenvalue weighted by Gasteiger charge is 2.25. The minimum Gasteiger partial charge on any atom is -0.381 e. The van der Waals surface area contributed by atoms with Gasteiger partial charge >= 0.3 is 0 Å². The van der Waals surface area contributed by atoms with Crippen molar-refractivity contribution in [3.8, 4) is 11.3 Å². The maximum absolute atomic E-state index is 5.63. The number of nitrogens with zero attached hydrogens (tertiary/aromatic N) is 5. The normalized spacial score (nSPS) is 17.5. The average molecular weight is 323 g/mol. The third-order valence-electron chi connectivity index (χ3n) is 4.62. The second-order valence-corrected chi connectivity index (χ2v) is 6.21. The van der Waals surface area contributed by atoms with Crippen LogP contribution in [0, 0.1) is 0 Å². The summed E-state index contributed by atoms with van der Waals surface area (Å²) in [6.45, 7) is 2.45. The molecule has 1 aliphatic rings. The Kier molecular flexibility index (Phi) is 4.13. The van der Waals surface area contributed by atoms with Gasteiger partial charge in [-0.25, -0.2) is 4.98 Å². The average Bonchev–Trinajstić information content (AvgIpc) is 3.34. The van der Waals surface area contributed by atoms with E-state index in [0.29, 0.717) is 5.92 Å². The van der Waals surface area contributed by atoms with E-state index in [1.54, 1.807) is 6.33 Å². The highest BCUT2D eigenvalue weighted by atomic mass is 16.5. The summed E-state index contributed by atoms with van der Waals surface area (Å²) in [5.74, 6) is 1.39. The molecule has 2 aromatic heterocycles. The largest absolute Gasteiger partial charge is 0.381 e. The first-order valence-electron chi connectivity index (χ1n) is 8.34. The van der Waals surface area contributed by atoms with Crippen LogP contribution >= 0.6 is 0 Å². The van der Waals surface area contributed by atoms with E-state index in [0.717, 1.165) is 49.7 Å². The lowest BCUT2D eigenvalue weighted by Gasteiger charge is -2.15. The van der Waals surface area contributed by atoms with Crippen molar-refractivity contribution in [2.24, 2.45) is 7.05 Å². The fraction of sp³-hybridized carbons (Fsp3) is 0.389. The molecule has 1 unspecified atom stereocenters. The molecule has 0 N–H and O–H groups in total. The zero-order chi connectivity index (χ0) is 16.4. The first-order chi connectivity index (χ1) is 11.8. The molecule has 0 amide bonds. The molecule has 6 heteroatoms. The number of hydrogen-bond acceptors (Lipinski definition) is 4. The first-order valence-corrected chi connectivity index (χ1v) is 8.34. The van der Waals surface area contributed by atoms with E-state index in [4.69, 9.17) is 9.72 Å². The van der Waals surface area contributed by atoms with Crippen LogP contribution in [0.4, 0.5) is 0 Å². The summed E-state index contributed by atoms with van der Waals surface area (Å²) in [4.78, 5) is 4.72. The van der Waals surface area contributed by atoms with Crippen molar-refractivity contribution in [1.29, 1.82) is 0 Å². The zero-order valence-corrected chi connectivity index (χ0v) is 13.8. The molecule has 0 saturated carbocycles. The van der Waals surface area contributed by atoms with Crippen LogP contribution in [0.15, 0.2) is 43.0 Å². The lowest BCUT2D eigenvalue weighted by atomic mass is 9.99. The van der Waals surface area contributed by atoms with Crippen LogP contribution in [0.2, 0.25) is 0 Å². The lowest BCUT2D eigenvalue weighted by molar-refractivity contribution is 0.193. The highest BCUT2D eigenvalue weighted by molar-refractivity contribution is 5.62. The topological polar surface area (TPSA) is 57.8 Å². The molecule has 1 aliphatic heterocycles. The van der Waals surface area contributed by atoms with Gasteiger partial charge in [-0.05, 0) is 6.42 Å². The smallest absolute Gasteiger partial charge is 0.134 e. The van der Waals surface area contributed by atoms with E-state index in [-0.39, 0.29) is 0 Å². The third-order valence-corrected chi connectivity index (χ3v) is 4.62. The Balaban J connectivity index is 1.66. The molecule has 1 saturated heterocycles. The van der Waals surface area contributed by atoms with Crippen molar-refractivity contribution < 1.29 is 4.74 Å². The molecular weight excluding hydrogens is 302 g/mol. The van der Waals surface area contributed by atoms with Crippen LogP contribution in [0.5, 0.6) is 0 Å². The summed E-state index contributed by atoms with van der Waals surface area (Å²) < 4.78 is 9.85. The number of rotatable bonds is 5. The standard InChI is InChI=1S/C18H21N5O/c1-22-13-20-21-16(22)7-9-23-12-19-17(14-5-3-2-4-6-14)18(23)15-8-10-24-11-15/h2-6,12-13,15H,7-11H2,1H3. The maximum Gasteiger partial charge on any atom is 0.134 e. The molecule has 0 radical (unpaired) electrons. The van der Waals surface area contributed by atoms with Gasteiger partial charge in [-0.3, -0.25) is 0 Å². The molecule has 3 aromatic rings. The van der Waals surface area contributed by atoms with E-state index in [1.165, 1.54) is 5.69 Å². The number of aromatic nitrogens is 5. The second kappa shape index (κ2) is 6.57. The predicted octanol–water partition coefficient (Wildman–Crippen LogP) is 2.43. The van der Waals surface area contributed by atoms with Crippen LogP contribution < -0.4 is 0 Å². The molecule has 6 nitrogen and oxygen atoms in total. The van der Waals surface area contributed by atoms with Crippen molar-refractivity contribution in [1.82, 2.24) is 24.3 Å². The maximum atomic E-state index is 5.63. The molecule has 124 valence electrons. The van der Waals surface area contributed by atoms with Crippen molar-refractivity contribution in [3.05, 3.63) is 54.5 Å². The van der Waals surface area contributed by atoms with Gasteiger partial charge in [-0.2, -0.15) is 0 Å². The number of hydrogen-bond donors (Lipinski definition) is 0. The Hall–Kier alpha value is -2.47. The molecule has 1 atom stereocenters. The summed E-state index contributed by atoms with van der Waals surface area (Å²) in [5, 5.41) is 8.13. The summed E-state index contributed by atoms with van der Waals surface area (Å²) >= 11 is 0. The number of imidazole rings is 1. The van der Waals surface area contributed by atoms with Gasteiger partial charge in [0.2, 0.25) is 0 Å². The Morgan fingerprint density at radius 3 is 2.79 bits per heavy atom. The van der Waals surface area contributed by atoms with Gasteiger partial charge in [0.05, 0.1) is 24.3 Å². The fourth-order valence-electron chi connectivity index (χ4n) is 3.32. The van der Waals surface area contributed by atoms with Gasteiger partial charge in [0.15, 0.2) is 0 Å². The summed E-state index contributed by atoms with van der Waals surface area (Å²) in [6, 6.07) is 10.4. The van der Waals surface area contributed by atoms with Crippen LogP contribution in [0.25, 0.3) is 11.3 Å². The van der Waals surface area contributed by atoms with Crippen LogP contribution in [0.3, 0.4) is 0 Å². The number of ether oxygens (including phenoxy) is 1. The van der Waals surface area contributed by atoms with Gasteiger partial charge in [0.25, 0.3) is 0 Å². The SMILES string of the molecule is Cn1cnnc1CCn1cnc(-c2ccccc2)c1C1CCOC1.